The summed E-state index contributed by atoms with van der Waals surface area (Å²) in [5, 5.41) is 4.29. The molecule has 4 heteroatoms. The average molecular weight is 643 g/mol. The summed E-state index contributed by atoms with van der Waals surface area (Å²) in [7, 11) is 0. The minimum atomic E-state index is 0.381. The number of benzene rings is 6. The van der Waals surface area contributed by atoms with Crippen molar-refractivity contribution >= 4 is 43.9 Å². The summed E-state index contributed by atoms with van der Waals surface area (Å²) in [6.45, 7) is 0. The molecule has 3 heterocycles. The molecular formula is C46H30N2O2. The van der Waals surface area contributed by atoms with Crippen LogP contribution in [0.2, 0.25) is 0 Å². The molecule has 0 fully saturated rings. The van der Waals surface area contributed by atoms with Gasteiger partial charge in [0.15, 0.2) is 17.0 Å². The number of furan rings is 2. The minimum absolute atomic E-state index is 0.381. The van der Waals surface area contributed by atoms with Crippen LogP contribution in [0.3, 0.4) is 0 Å². The van der Waals surface area contributed by atoms with Gasteiger partial charge in [-0.1, -0.05) is 115 Å². The molecule has 1 unspecified atom stereocenters. The Hall–Kier alpha value is -6.52. The molecule has 4 nitrogen and oxygen atoms in total. The molecule has 6 aromatic carbocycles. The number of rotatable bonds is 5. The Balaban J connectivity index is 1.06. The second-order valence-corrected chi connectivity index (χ2v) is 12.9. The predicted molar refractivity (Wildman–Crippen MR) is 204 cm³/mol. The van der Waals surface area contributed by atoms with Crippen molar-refractivity contribution in [2.24, 2.45) is 0 Å². The summed E-state index contributed by atoms with van der Waals surface area (Å²) in [6.07, 6.45) is 9.75. The SMILES string of the molecule is C1=CCC(c2ccc3oc4c(ccc5c6cc(-c7cccc(-c8nc(-c9ccccc9)cc(-c9ccccc9)n8)c7)ccc6oc54)c3c2)C=C1. The van der Waals surface area contributed by atoms with Crippen molar-refractivity contribution in [2.75, 3.05) is 0 Å². The number of hydrogen-bond acceptors (Lipinski definition) is 4. The third kappa shape index (κ3) is 4.84. The van der Waals surface area contributed by atoms with E-state index in [9.17, 15) is 0 Å². The van der Waals surface area contributed by atoms with E-state index in [-0.39, 0.29) is 0 Å². The fraction of sp³-hybridized carbons (Fsp3) is 0.0435. The highest BCUT2D eigenvalue weighted by molar-refractivity contribution is 6.19. The van der Waals surface area contributed by atoms with Gasteiger partial charge < -0.3 is 8.83 Å². The van der Waals surface area contributed by atoms with Crippen LogP contribution in [0.1, 0.15) is 17.9 Å². The molecule has 0 spiro atoms. The molecule has 1 aliphatic rings. The molecule has 10 rings (SSSR count). The van der Waals surface area contributed by atoms with Gasteiger partial charge in [-0.05, 0) is 71.6 Å². The van der Waals surface area contributed by atoms with Gasteiger partial charge >= 0.3 is 0 Å². The molecule has 9 aromatic rings. The van der Waals surface area contributed by atoms with E-state index in [1.54, 1.807) is 0 Å². The summed E-state index contributed by atoms with van der Waals surface area (Å²) in [5.74, 6) is 1.07. The zero-order valence-corrected chi connectivity index (χ0v) is 27.1. The first-order valence-corrected chi connectivity index (χ1v) is 17.0. The lowest BCUT2D eigenvalue weighted by molar-refractivity contribution is 0.633. The van der Waals surface area contributed by atoms with Gasteiger partial charge in [-0.3, -0.25) is 0 Å². The zero-order chi connectivity index (χ0) is 33.0. The Morgan fingerprint density at radius 3 is 1.72 bits per heavy atom. The van der Waals surface area contributed by atoms with Crippen LogP contribution >= 0.6 is 0 Å². The first-order chi connectivity index (χ1) is 24.7. The van der Waals surface area contributed by atoms with Gasteiger partial charge in [0.05, 0.1) is 11.4 Å². The Bertz CT molecular complexity index is 2730. The summed E-state index contributed by atoms with van der Waals surface area (Å²) < 4.78 is 13.0. The first kappa shape index (κ1) is 28.5. The molecule has 236 valence electrons. The van der Waals surface area contributed by atoms with Crippen LogP contribution < -0.4 is 0 Å². The van der Waals surface area contributed by atoms with Gasteiger partial charge in [0.2, 0.25) is 0 Å². The lowest BCUT2D eigenvalue weighted by Gasteiger charge is -2.13. The van der Waals surface area contributed by atoms with Crippen LogP contribution in [-0.4, -0.2) is 9.97 Å². The third-order valence-corrected chi connectivity index (χ3v) is 9.83. The number of fused-ring (bicyclic) bond motifs is 7. The zero-order valence-electron chi connectivity index (χ0n) is 27.1. The molecule has 0 aliphatic heterocycles. The van der Waals surface area contributed by atoms with E-state index in [0.717, 1.165) is 89.5 Å². The van der Waals surface area contributed by atoms with Crippen molar-refractivity contribution in [3.8, 4) is 45.0 Å². The molecule has 3 aromatic heterocycles. The lowest BCUT2D eigenvalue weighted by Crippen LogP contribution is -1.96. The fourth-order valence-corrected chi connectivity index (χ4v) is 7.25. The van der Waals surface area contributed by atoms with Gasteiger partial charge in [-0.15, -0.1) is 0 Å². The number of nitrogens with zero attached hydrogens (tertiary/aromatic N) is 2. The van der Waals surface area contributed by atoms with Gasteiger partial charge in [0, 0.05) is 44.2 Å². The Morgan fingerprint density at radius 1 is 0.460 bits per heavy atom. The van der Waals surface area contributed by atoms with Crippen LogP contribution in [0.4, 0.5) is 0 Å². The van der Waals surface area contributed by atoms with E-state index >= 15 is 0 Å². The largest absolute Gasteiger partial charge is 0.452 e. The van der Waals surface area contributed by atoms with Crippen LogP contribution in [0, 0.1) is 0 Å². The topological polar surface area (TPSA) is 52.1 Å². The van der Waals surface area contributed by atoms with E-state index in [2.05, 4.69) is 127 Å². The van der Waals surface area contributed by atoms with Crippen LogP contribution in [0.5, 0.6) is 0 Å². The molecule has 0 N–H and O–H groups in total. The van der Waals surface area contributed by atoms with Gasteiger partial charge in [-0.2, -0.15) is 0 Å². The number of hydrogen-bond donors (Lipinski definition) is 0. The van der Waals surface area contributed by atoms with Crippen molar-refractivity contribution in [3.63, 3.8) is 0 Å². The lowest BCUT2D eigenvalue weighted by atomic mass is 9.91. The maximum atomic E-state index is 6.50. The van der Waals surface area contributed by atoms with Crippen LogP contribution in [-0.2, 0) is 0 Å². The predicted octanol–water partition coefficient (Wildman–Crippen LogP) is 12.5. The number of allylic oxidation sites excluding steroid dienone is 4. The Labute approximate surface area is 288 Å². The maximum Gasteiger partial charge on any atom is 0.178 e. The molecule has 0 radical (unpaired) electrons. The molecule has 0 bridgehead atoms. The van der Waals surface area contributed by atoms with Crippen LogP contribution in [0.25, 0.3) is 88.9 Å². The van der Waals surface area contributed by atoms with Crippen molar-refractivity contribution < 1.29 is 8.83 Å². The Morgan fingerprint density at radius 2 is 1.06 bits per heavy atom. The normalized spacial score (nSPS) is 14.4. The Kier molecular flexibility index (Phi) is 6.59. The second kappa shape index (κ2) is 11.6. The van der Waals surface area contributed by atoms with Crippen molar-refractivity contribution in [1.29, 1.82) is 0 Å². The van der Waals surface area contributed by atoms with Gasteiger partial charge in [0.1, 0.15) is 11.2 Å². The maximum absolute atomic E-state index is 6.50. The highest BCUT2D eigenvalue weighted by Gasteiger charge is 2.19. The van der Waals surface area contributed by atoms with Crippen molar-refractivity contribution in [2.45, 2.75) is 12.3 Å². The van der Waals surface area contributed by atoms with Crippen molar-refractivity contribution in [1.82, 2.24) is 9.97 Å². The average Bonchev–Trinajstić information content (AvgIpc) is 3.77. The van der Waals surface area contributed by atoms with Gasteiger partial charge in [-0.25, -0.2) is 9.97 Å². The van der Waals surface area contributed by atoms with E-state index in [4.69, 9.17) is 18.8 Å². The smallest absolute Gasteiger partial charge is 0.178 e. The fourth-order valence-electron chi connectivity index (χ4n) is 7.25. The molecule has 1 atom stereocenters. The molecule has 0 saturated heterocycles. The molecule has 0 saturated carbocycles. The monoisotopic (exact) mass is 642 g/mol. The van der Waals surface area contributed by atoms with E-state index in [0.29, 0.717) is 11.7 Å². The molecular weight excluding hydrogens is 613 g/mol. The van der Waals surface area contributed by atoms with Crippen LogP contribution in [0.15, 0.2) is 173 Å². The quantitative estimate of drug-likeness (QED) is 0.187. The molecule has 50 heavy (non-hydrogen) atoms. The van der Waals surface area contributed by atoms with E-state index in [1.165, 1.54) is 5.56 Å². The molecule has 0 amide bonds. The third-order valence-electron chi connectivity index (χ3n) is 9.83. The van der Waals surface area contributed by atoms with E-state index < -0.39 is 0 Å². The molecule has 1 aliphatic carbocycles. The van der Waals surface area contributed by atoms with E-state index in [1.807, 2.05) is 36.4 Å². The van der Waals surface area contributed by atoms with Gasteiger partial charge in [0.25, 0.3) is 0 Å². The first-order valence-electron chi connectivity index (χ1n) is 17.0. The minimum Gasteiger partial charge on any atom is -0.452 e. The highest BCUT2D eigenvalue weighted by Crippen LogP contribution is 2.41. The second-order valence-electron chi connectivity index (χ2n) is 12.9. The summed E-state index contributed by atoms with van der Waals surface area (Å²) in [6, 6.07) is 48.4. The summed E-state index contributed by atoms with van der Waals surface area (Å²) in [5.41, 5.74) is 11.6. The summed E-state index contributed by atoms with van der Waals surface area (Å²) in [4.78, 5) is 10.1. The van der Waals surface area contributed by atoms with Crippen molar-refractivity contribution in [3.05, 3.63) is 169 Å². The number of aromatic nitrogens is 2. The highest BCUT2D eigenvalue weighted by atomic mass is 16.4. The standard InChI is InChI=1S/C46H30N2O2/c1-4-11-29(12-5-1)33-19-23-42-38(26-33)36-21-22-37-39-27-34(20-24-43(39)50-45(37)44(36)49-42)32-17-10-18-35(25-32)46-47-40(30-13-6-2-7-14-30)28-41(48-46)31-15-8-3-9-16-31/h1-11,13-29H,12H2. The summed E-state index contributed by atoms with van der Waals surface area (Å²) >= 11 is 0.